The van der Waals surface area contributed by atoms with Crippen LogP contribution in [-0.2, 0) is 6.61 Å². The van der Waals surface area contributed by atoms with Crippen LogP contribution in [0.25, 0.3) is 5.13 Å². The Bertz CT molecular complexity index is 460. The van der Waals surface area contributed by atoms with Crippen LogP contribution in [-0.4, -0.2) is 25.1 Å². The molecule has 6 heteroatoms. The molecule has 1 fully saturated rings. The van der Waals surface area contributed by atoms with Gasteiger partial charge in [0.1, 0.15) is 5.69 Å². The number of nitrogens with zero attached hydrogens (tertiary/aromatic N) is 4. The van der Waals surface area contributed by atoms with Gasteiger partial charge in [-0.2, -0.15) is 4.68 Å². The smallest absolute Gasteiger partial charge is 0.211 e. The number of rotatable bonds is 3. The van der Waals surface area contributed by atoms with Crippen molar-refractivity contribution in [2.45, 2.75) is 25.4 Å². The van der Waals surface area contributed by atoms with E-state index in [-0.39, 0.29) is 6.61 Å². The molecule has 1 aliphatic rings. The van der Waals surface area contributed by atoms with E-state index < -0.39 is 0 Å². The van der Waals surface area contributed by atoms with E-state index in [1.165, 1.54) is 11.3 Å². The van der Waals surface area contributed by atoms with Crippen LogP contribution in [0.4, 0.5) is 0 Å². The second kappa shape index (κ2) is 3.39. The van der Waals surface area contributed by atoms with Gasteiger partial charge in [0.05, 0.1) is 12.3 Å². The predicted molar refractivity (Wildman–Crippen MR) is 54.9 cm³/mol. The molecule has 0 aliphatic heterocycles. The Morgan fingerprint density at radius 2 is 2.40 bits per heavy atom. The topological polar surface area (TPSA) is 63.8 Å². The molecule has 0 unspecified atom stereocenters. The highest BCUT2D eigenvalue weighted by Crippen LogP contribution is 2.42. The Morgan fingerprint density at radius 1 is 1.53 bits per heavy atom. The fraction of sp³-hybridized carbons (Fsp3) is 0.444. The molecule has 0 amide bonds. The molecule has 0 atom stereocenters. The molecule has 2 heterocycles. The monoisotopic (exact) mass is 222 g/mol. The van der Waals surface area contributed by atoms with Crippen molar-refractivity contribution in [1.82, 2.24) is 20.0 Å². The van der Waals surface area contributed by atoms with Crippen LogP contribution in [0.5, 0.6) is 0 Å². The second-order valence-corrected chi connectivity index (χ2v) is 4.45. The van der Waals surface area contributed by atoms with Gasteiger partial charge in [-0.3, -0.25) is 0 Å². The fourth-order valence-electron chi connectivity index (χ4n) is 1.66. The van der Waals surface area contributed by atoms with Gasteiger partial charge in [-0.25, -0.2) is 4.98 Å². The highest BCUT2D eigenvalue weighted by Gasteiger charge is 2.31. The first kappa shape index (κ1) is 8.99. The molecule has 78 valence electrons. The van der Waals surface area contributed by atoms with Crippen molar-refractivity contribution in [2.75, 3.05) is 0 Å². The maximum Gasteiger partial charge on any atom is 0.211 e. The molecule has 0 spiro atoms. The van der Waals surface area contributed by atoms with Crippen LogP contribution >= 0.6 is 11.3 Å². The van der Waals surface area contributed by atoms with E-state index in [1.807, 2.05) is 5.38 Å². The van der Waals surface area contributed by atoms with E-state index in [4.69, 9.17) is 0 Å². The van der Waals surface area contributed by atoms with Gasteiger partial charge >= 0.3 is 0 Å². The number of thiazole rings is 1. The first-order valence-corrected chi connectivity index (χ1v) is 5.73. The summed E-state index contributed by atoms with van der Waals surface area (Å²) in [5.74, 6) is 0.506. The highest BCUT2D eigenvalue weighted by molar-refractivity contribution is 7.12. The van der Waals surface area contributed by atoms with E-state index in [0.29, 0.717) is 11.6 Å². The summed E-state index contributed by atoms with van der Waals surface area (Å²) >= 11 is 1.53. The zero-order valence-electron chi connectivity index (χ0n) is 8.00. The fourth-order valence-corrected chi connectivity index (χ4v) is 2.26. The lowest BCUT2D eigenvalue weighted by atomic mass is 10.2. The lowest BCUT2D eigenvalue weighted by Crippen LogP contribution is -2.02. The van der Waals surface area contributed by atoms with Crippen LogP contribution in [0.15, 0.2) is 11.6 Å². The summed E-state index contributed by atoms with van der Waals surface area (Å²) in [4.78, 5) is 4.20. The van der Waals surface area contributed by atoms with Crippen molar-refractivity contribution in [2.24, 2.45) is 0 Å². The Balaban J connectivity index is 2.11. The van der Waals surface area contributed by atoms with Crippen LogP contribution in [0.2, 0.25) is 0 Å². The summed E-state index contributed by atoms with van der Waals surface area (Å²) in [6.45, 7) is -0.0444. The molecule has 1 aliphatic carbocycles. The molecule has 1 N–H and O–H groups in total. The number of aliphatic hydroxyl groups is 1. The Kier molecular flexibility index (Phi) is 2.03. The first-order valence-electron chi connectivity index (χ1n) is 4.85. The molecule has 0 radical (unpaired) electrons. The minimum absolute atomic E-state index is 0.0444. The Hall–Kier alpha value is -1.27. The molecule has 1 saturated carbocycles. The standard InChI is InChI=1S/C9H10N4OS/c14-5-7-8(6-1-2-6)13(12-11-7)9-10-3-4-15-9/h3-4,6,14H,1-2,5H2. The number of aromatic nitrogens is 4. The Morgan fingerprint density at radius 3 is 3.00 bits per heavy atom. The van der Waals surface area contributed by atoms with Gasteiger partial charge in [-0.05, 0) is 12.8 Å². The molecular weight excluding hydrogens is 212 g/mol. The minimum Gasteiger partial charge on any atom is -0.390 e. The van der Waals surface area contributed by atoms with Crippen molar-refractivity contribution >= 4 is 11.3 Å². The van der Waals surface area contributed by atoms with Gasteiger partial charge in [0.25, 0.3) is 0 Å². The van der Waals surface area contributed by atoms with Gasteiger partial charge in [-0.1, -0.05) is 5.21 Å². The highest BCUT2D eigenvalue weighted by atomic mass is 32.1. The summed E-state index contributed by atoms with van der Waals surface area (Å²) in [7, 11) is 0. The van der Waals surface area contributed by atoms with Gasteiger partial charge in [0, 0.05) is 17.5 Å². The van der Waals surface area contributed by atoms with E-state index in [0.717, 1.165) is 23.7 Å². The number of hydrogen-bond donors (Lipinski definition) is 1. The summed E-state index contributed by atoms with van der Waals surface area (Å²) < 4.78 is 1.76. The molecule has 3 rings (SSSR count). The maximum atomic E-state index is 9.17. The largest absolute Gasteiger partial charge is 0.390 e. The quantitative estimate of drug-likeness (QED) is 0.844. The SMILES string of the molecule is OCc1nnn(-c2nccs2)c1C1CC1. The lowest BCUT2D eigenvalue weighted by Gasteiger charge is -2.01. The van der Waals surface area contributed by atoms with Crippen LogP contribution in [0.3, 0.4) is 0 Å². The molecule has 0 aromatic carbocycles. The van der Waals surface area contributed by atoms with Crippen LogP contribution in [0, 0.1) is 0 Å². The molecule has 5 nitrogen and oxygen atoms in total. The lowest BCUT2D eigenvalue weighted by molar-refractivity contribution is 0.275. The molecule has 0 saturated heterocycles. The third kappa shape index (κ3) is 1.46. The molecule has 2 aromatic heterocycles. The summed E-state index contributed by atoms with van der Waals surface area (Å²) in [5.41, 5.74) is 1.72. The third-order valence-corrected chi connectivity index (χ3v) is 3.24. The number of aliphatic hydroxyl groups excluding tert-OH is 1. The van der Waals surface area contributed by atoms with Gasteiger partial charge < -0.3 is 5.11 Å². The van der Waals surface area contributed by atoms with Crippen molar-refractivity contribution < 1.29 is 5.11 Å². The van der Waals surface area contributed by atoms with Gasteiger partial charge in [0.2, 0.25) is 5.13 Å². The van der Waals surface area contributed by atoms with E-state index in [2.05, 4.69) is 15.3 Å². The zero-order valence-corrected chi connectivity index (χ0v) is 8.81. The van der Waals surface area contributed by atoms with Gasteiger partial charge in [0.15, 0.2) is 0 Å². The van der Waals surface area contributed by atoms with Crippen molar-refractivity contribution in [1.29, 1.82) is 0 Å². The molecule has 0 bridgehead atoms. The van der Waals surface area contributed by atoms with E-state index in [9.17, 15) is 5.11 Å². The van der Waals surface area contributed by atoms with Gasteiger partial charge in [-0.15, -0.1) is 16.4 Å². The predicted octanol–water partition coefficient (Wildman–Crippen LogP) is 1.09. The minimum atomic E-state index is -0.0444. The molecule has 15 heavy (non-hydrogen) atoms. The number of hydrogen-bond acceptors (Lipinski definition) is 5. The normalized spacial score (nSPS) is 15.8. The van der Waals surface area contributed by atoms with E-state index in [1.54, 1.807) is 10.9 Å². The zero-order chi connectivity index (χ0) is 10.3. The summed E-state index contributed by atoms with van der Waals surface area (Å²) in [6, 6.07) is 0. The van der Waals surface area contributed by atoms with Crippen molar-refractivity contribution in [3.63, 3.8) is 0 Å². The van der Waals surface area contributed by atoms with E-state index >= 15 is 0 Å². The average Bonchev–Trinajstić information content (AvgIpc) is 2.83. The Labute approximate surface area is 90.4 Å². The van der Waals surface area contributed by atoms with Crippen molar-refractivity contribution in [3.05, 3.63) is 23.0 Å². The van der Waals surface area contributed by atoms with Crippen LogP contribution in [0.1, 0.15) is 30.1 Å². The summed E-state index contributed by atoms with van der Waals surface area (Å²) in [5, 5.41) is 19.9. The van der Waals surface area contributed by atoms with Crippen LogP contribution < -0.4 is 0 Å². The average molecular weight is 222 g/mol. The first-order chi connectivity index (χ1) is 7.40. The molecule has 2 aromatic rings. The maximum absolute atomic E-state index is 9.17. The third-order valence-electron chi connectivity index (χ3n) is 2.49. The summed E-state index contributed by atoms with van der Waals surface area (Å²) in [6.07, 6.45) is 4.06. The van der Waals surface area contributed by atoms with Crippen molar-refractivity contribution in [3.8, 4) is 5.13 Å². The molecular formula is C9H10N4OS. The second-order valence-electron chi connectivity index (χ2n) is 3.58.